The highest BCUT2D eigenvalue weighted by Gasteiger charge is 2.16. The summed E-state index contributed by atoms with van der Waals surface area (Å²) < 4.78 is 41.0. The van der Waals surface area contributed by atoms with Crippen LogP contribution < -0.4 is 5.32 Å². The van der Waals surface area contributed by atoms with Crippen LogP contribution in [-0.4, -0.2) is 34.2 Å². The number of hydrogen-bond donors (Lipinski definition) is 1. The van der Waals surface area contributed by atoms with Crippen LogP contribution in [0.5, 0.6) is 0 Å². The molecule has 32 heavy (non-hydrogen) atoms. The van der Waals surface area contributed by atoms with E-state index in [1.807, 2.05) is 23.9 Å². The molecule has 0 unspecified atom stereocenters. The maximum Gasteiger partial charge on any atom is 0.177 e. The second-order valence-electron chi connectivity index (χ2n) is 7.53. The van der Waals surface area contributed by atoms with Gasteiger partial charge in [-0.25, -0.2) is 12.8 Å². The van der Waals surface area contributed by atoms with E-state index < -0.39 is 9.84 Å². The predicted molar refractivity (Wildman–Crippen MR) is 122 cm³/mol. The van der Waals surface area contributed by atoms with E-state index in [-0.39, 0.29) is 10.7 Å². The molecule has 0 aliphatic rings. The van der Waals surface area contributed by atoms with Crippen LogP contribution in [0, 0.1) is 5.82 Å². The monoisotopic (exact) mass is 447 g/mol. The Balaban J connectivity index is 1.71. The summed E-state index contributed by atoms with van der Waals surface area (Å²) in [6, 6.07) is 10.1. The van der Waals surface area contributed by atoms with Gasteiger partial charge in [0, 0.05) is 54.7 Å². The lowest BCUT2D eigenvalue weighted by molar-refractivity contribution is 0.602. The van der Waals surface area contributed by atoms with Gasteiger partial charge in [0.25, 0.3) is 0 Å². The lowest BCUT2D eigenvalue weighted by Gasteiger charge is -2.14. The fraction of sp³-hybridized carbons (Fsp3) is 0.0870. The molecular formula is C23H18FN5O2S. The molecule has 0 bridgehead atoms. The highest BCUT2D eigenvalue weighted by Crippen LogP contribution is 2.35. The Kier molecular flexibility index (Phi) is 4.63. The molecule has 0 amide bonds. The van der Waals surface area contributed by atoms with E-state index in [1.165, 1.54) is 24.5 Å². The first-order chi connectivity index (χ1) is 15.3. The van der Waals surface area contributed by atoms with Crippen LogP contribution in [-0.2, 0) is 16.9 Å². The lowest BCUT2D eigenvalue weighted by atomic mass is 10.0. The third-order valence-electron chi connectivity index (χ3n) is 5.30. The zero-order valence-corrected chi connectivity index (χ0v) is 18.1. The van der Waals surface area contributed by atoms with Crippen LogP contribution in [0.3, 0.4) is 0 Å². The third-order valence-corrected chi connectivity index (χ3v) is 6.45. The number of nitrogens with one attached hydrogen (secondary N) is 1. The quantitative estimate of drug-likeness (QED) is 0.437. The number of pyridine rings is 1. The second kappa shape index (κ2) is 7.38. The van der Waals surface area contributed by atoms with Gasteiger partial charge in [-0.2, -0.15) is 0 Å². The first-order valence-corrected chi connectivity index (χ1v) is 11.6. The molecule has 0 atom stereocenters. The Morgan fingerprint density at radius 1 is 1.03 bits per heavy atom. The number of aromatic nitrogens is 4. The van der Waals surface area contributed by atoms with Crippen LogP contribution in [0.4, 0.5) is 15.8 Å². The summed E-state index contributed by atoms with van der Waals surface area (Å²) in [4.78, 5) is 13.0. The van der Waals surface area contributed by atoms with Gasteiger partial charge in [-0.3, -0.25) is 15.0 Å². The molecule has 0 aliphatic carbocycles. The molecule has 9 heteroatoms. The van der Waals surface area contributed by atoms with Gasteiger partial charge in [-0.1, -0.05) is 0 Å². The van der Waals surface area contributed by atoms with E-state index in [0.717, 1.165) is 11.8 Å². The number of fused-ring (bicyclic) bond motifs is 2. The van der Waals surface area contributed by atoms with E-state index >= 15 is 0 Å². The van der Waals surface area contributed by atoms with Crippen LogP contribution in [0.15, 0.2) is 72.3 Å². The Morgan fingerprint density at radius 2 is 1.84 bits per heavy atom. The number of anilines is 2. The van der Waals surface area contributed by atoms with Crippen molar-refractivity contribution in [2.75, 3.05) is 11.6 Å². The van der Waals surface area contributed by atoms with Gasteiger partial charge < -0.3 is 9.88 Å². The molecular weight excluding hydrogens is 429 g/mol. The van der Waals surface area contributed by atoms with E-state index in [0.29, 0.717) is 38.9 Å². The molecule has 5 rings (SSSR count). The van der Waals surface area contributed by atoms with Crippen LogP contribution in [0.1, 0.15) is 0 Å². The molecule has 2 aromatic carbocycles. The second-order valence-corrected chi connectivity index (χ2v) is 9.52. The molecule has 5 aromatic rings. The number of rotatable bonds is 4. The molecule has 7 nitrogen and oxygen atoms in total. The summed E-state index contributed by atoms with van der Waals surface area (Å²) in [5.41, 5.74) is 4.18. The zero-order chi connectivity index (χ0) is 22.5. The van der Waals surface area contributed by atoms with Crippen molar-refractivity contribution < 1.29 is 12.8 Å². The highest BCUT2D eigenvalue weighted by molar-refractivity contribution is 7.90. The molecule has 0 aliphatic heterocycles. The molecule has 1 N–H and O–H groups in total. The van der Waals surface area contributed by atoms with Crippen LogP contribution >= 0.6 is 0 Å². The largest absolute Gasteiger partial charge is 0.353 e. The average molecular weight is 447 g/mol. The van der Waals surface area contributed by atoms with Gasteiger partial charge in [0.1, 0.15) is 5.82 Å². The van der Waals surface area contributed by atoms with Crippen LogP contribution in [0.2, 0.25) is 0 Å². The Morgan fingerprint density at radius 3 is 2.66 bits per heavy atom. The van der Waals surface area contributed by atoms with Crippen molar-refractivity contribution in [3.05, 3.63) is 73.2 Å². The standard InChI is InChI=1S/C23H18FN5O2S/c1-29-8-4-16-18(24)9-14(10-21(16)29)17-11-15(12-19-23(17)27-7-6-26-19)28-20-13-25-5-3-22(20)32(2,30)31/h3-13,28H,1-2H3. The third kappa shape index (κ3) is 3.46. The molecule has 0 spiro atoms. The fourth-order valence-electron chi connectivity index (χ4n) is 3.80. The van der Waals surface area contributed by atoms with Crippen molar-refractivity contribution in [3.63, 3.8) is 0 Å². The maximum absolute atomic E-state index is 14.8. The number of aryl methyl sites for hydroxylation is 1. The minimum Gasteiger partial charge on any atom is -0.353 e. The van der Waals surface area contributed by atoms with Crippen LogP contribution in [0.25, 0.3) is 33.1 Å². The van der Waals surface area contributed by atoms with Crippen molar-refractivity contribution in [1.29, 1.82) is 0 Å². The molecule has 0 fully saturated rings. The highest BCUT2D eigenvalue weighted by atomic mass is 32.2. The van der Waals surface area contributed by atoms with E-state index in [4.69, 9.17) is 0 Å². The fourth-order valence-corrected chi connectivity index (χ4v) is 4.61. The first kappa shape index (κ1) is 20.1. The maximum atomic E-state index is 14.8. The lowest BCUT2D eigenvalue weighted by Crippen LogP contribution is -2.03. The average Bonchev–Trinajstić information content (AvgIpc) is 3.14. The normalized spacial score (nSPS) is 11.8. The van der Waals surface area contributed by atoms with Crippen molar-refractivity contribution in [2.45, 2.75) is 4.90 Å². The number of hydrogen-bond acceptors (Lipinski definition) is 6. The minimum absolute atomic E-state index is 0.129. The number of halogens is 1. The van der Waals surface area contributed by atoms with Gasteiger partial charge in [0.2, 0.25) is 0 Å². The van der Waals surface area contributed by atoms with Gasteiger partial charge in [0.15, 0.2) is 9.84 Å². The molecule has 0 saturated heterocycles. The summed E-state index contributed by atoms with van der Waals surface area (Å²) in [6.45, 7) is 0. The van der Waals surface area contributed by atoms with Crippen molar-refractivity contribution >= 4 is 43.1 Å². The predicted octanol–water partition coefficient (Wildman–Crippen LogP) is 4.47. The summed E-state index contributed by atoms with van der Waals surface area (Å²) in [5, 5.41) is 3.67. The topological polar surface area (TPSA) is 89.8 Å². The zero-order valence-electron chi connectivity index (χ0n) is 17.2. The minimum atomic E-state index is -3.47. The van der Waals surface area contributed by atoms with Gasteiger partial charge in [0.05, 0.1) is 33.3 Å². The van der Waals surface area contributed by atoms with Crippen molar-refractivity contribution in [3.8, 4) is 11.1 Å². The number of sulfone groups is 1. The van der Waals surface area contributed by atoms with Gasteiger partial charge in [-0.15, -0.1) is 0 Å². The first-order valence-electron chi connectivity index (χ1n) is 9.72. The molecule has 3 aromatic heterocycles. The SMILES string of the molecule is Cn1ccc2c(F)cc(-c3cc(Nc4cnccc4S(C)(=O)=O)cc4nccnc34)cc21. The Bertz CT molecular complexity index is 1610. The smallest absolute Gasteiger partial charge is 0.177 e. The van der Waals surface area contributed by atoms with E-state index in [1.54, 1.807) is 30.6 Å². The number of nitrogens with zero attached hydrogens (tertiary/aromatic N) is 4. The Labute approximate surface area is 183 Å². The molecule has 0 radical (unpaired) electrons. The van der Waals surface area contributed by atoms with Gasteiger partial charge in [-0.05, 0) is 42.0 Å². The summed E-state index contributed by atoms with van der Waals surface area (Å²) in [5.74, 6) is -0.333. The molecule has 160 valence electrons. The summed E-state index contributed by atoms with van der Waals surface area (Å²) >= 11 is 0. The molecule has 0 saturated carbocycles. The van der Waals surface area contributed by atoms with Crippen molar-refractivity contribution in [2.24, 2.45) is 7.05 Å². The van der Waals surface area contributed by atoms with Gasteiger partial charge >= 0.3 is 0 Å². The number of benzene rings is 2. The van der Waals surface area contributed by atoms with Crippen molar-refractivity contribution in [1.82, 2.24) is 19.5 Å². The Hall–Kier alpha value is -3.85. The molecule has 3 heterocycles. The summed E-state index contributed by atoms with van der Waals surface area (Å²) in [7, 11) is -1.61. The van der Waals surface area contributed by atoms with E-state index in [9.17, 15) is 12.8 Å². The van der Waals surface area contributed by atoms with E-state index in [2.05, 4.69) is 20.3 Å². The summed E-state index contributed by atoms with van der Waals surface area (Å²) in [6.07, 6.45) is 8.98.